The largest absolute Gasteiger partial charge is 0.492 e. The Kier molecular flexibility index (Phi) is 4.21. The lowest BCUT2D eigenvalue weighted by molar-refractivity contribution is -0.121. The summed E-state index contributed by atoms with van der Waals surface area (Å²) in [6.45, 7) is 0.319. The second kappa shape index (κ2) is 6.30. The fourth-order valence-corrected chi connectivity index (χ4v) is 2.69. The molecule has 0 spiro atoms. The van der Waals surface area contributed by atoms with Crippen LogP contribution in [0.4, 0.5) is 5.69 Å². The Balaban J connectivity index is 1.68. The van der Waals surface area contributed by atoms with Crippen molar-refractivity contribution in [3.63, 3.8) is 0 Å². The summed E-state index contributed by atoms with van der Waals surface area (Å²) in [5, 5.41) is 3.44. The van der Waals surface area contributed by atoms with Crippen molar-refractivity contribution in [1.82, 2.24) is 0 Å². The minimum atomic E-state index is -0.503. The van der Waals surface area contributed by atoms with Gasteiger partial charge in [0.2, 0.25) is 11.8 Å². The molecule has 1 aliphatic heterocycles. The minimum absolute atomic E-state index is 0.137. The molecule has 23 heavy (non-hydrogen) atoms. The van der Waals surface area contributed by atoms with E-state index >= 15 is 0 Å². The van der Waals surface area contributed by atoms with E-state index in [1.807, 2.05) is 12.1 Å². The highest BCUT2D eigenvalue weighted by atomic mass is 35.5. The van der Waals surface area contributed by atoms with Gasteiger partial charge in [-0.15, -0.1) is 0 Å². The van der Waals surface area contributed by atoms with E-state index in [4.69, 9.17) is 22.1 Å². The second-order valence-corrected chi connectivity index (χ2v) is 5.83. The van der Waals surface area contributed by atoms with Crippen molar-refractivity contribution in [3.05, 3.63) is 58.6 Å². The van der Waals surface area contributed by atoms with Crippen molar-refractivity contribution in [2.24, 2.45) is 11.7 Å². The third-order valence-corrected chi connectivity index (χ3v) is 3.97. The van der Waals surface area contributed by atoms with Gasteiger partial charge in [0.05, 0.1) is 5.92 Å². The topological polar surface area (TPSA) is 81.4 Å². The van der Waals surface area contributed by atoms with Gasteiger partial charge in [-0.2, -0.15) is 0 Å². The Labute approximate surface area is 138 Å². The Bertz CT molecular complexity index is 759. The van der Waals surface area contributed by atoms with Crippen molar-refractivity contribution >= 4 is 29.1 Å². The molecule has 5 nitrogen and oxygen atoms in total. The van der Waals surface area contributed by atoms with E-state index in [0.717, 1.165) is 11.3 Å². The molecule has 3 N–H and O–H groups in total. The summed E-state index contributed by atoms with van der Waals surface area (Å²) in [5.41, 5.74) is 7.11. The van der Waals surface area contributed by atoms with Gasteiger partial charge in [0, 0.05) is 16.3 Å². The third kappa shape index (κ3) is 3.46. The predicted octanol–water partition coefficient (Wildman–Crippen LogP) is 2.63. The lowest BCUT2D eigenvalue weighted by Crippen LogP contribution is -2.32. The highest BCUT2D eigenvalue weighted by Gasteiger charge is 2.26. The monoisotopic (exact) mass is 330 g/mol. The first-order valence-electron chi connectivity index (χ1n) is 7.15. The lowest BCUT2D eigenvalue weighted by Gasteiger charge is -2.24. The zero-order valence-electron chi connectivity index (χ0n) is 12.2. The molecular weight excluding hydrogens is 316 g/mol. The number of halogens is 1. The third-order valence-electron chi connectivity index (χ3n) is 3.74. The molecule has 0 fully saturated rings. The number of ether oxygens (including phenoxy) is 1. The first-order valence-corrected chi connectivity index (χ1v) is 7.52. The molecule has 0 bridgehead atoms. The van der Waals surface area contributed by atoms with Gasteiger partial charge < -0.3 is 15.8 Å². The van der Waals surface area contributed by atoms with Gasteiger partial charge in [0.1, 0.15) is 12.4 Å². The van der Waals surface area contributed by atoms with Crippen LogP contribution in [0.25, 0.3) is 0 Å². The van der Waals surface area contributed by atoms with Crippen LogP contribution in [-0.4, -0.2) is 18.4 Å². The molecular formula is C17H15ClN2O3. The van der Waals surface area contributed by atoms with Crippen LogP contribution in [0.2, 0.25) is 5.02 Å². The Morgan fingerprint density at radius 1 is 1.17 bits per heavy atom. The number of hydrogen-bond acceptors (Lipinski definition) is 3. The lowest BCUT2D eigenvalue weighted by atomic mass is 9.96. The molecule has 6 heteroatoms. The van der Waals surface area contributed by atoms with Crippen LogP contribution in [0, 0.1) is 5.92 Å². The van der Waals surface area contributed by atoms with Crippen molar-refractivity contribution in [1.29, 1.82) is 0 Å². The Morgan fingerprint density at radius 2 is 1.91 bits per heavy atom. The summed E-state index contributed by atoms with van der Waals surface area (Å²) >= 11 is 5.98. The molecule has 0 saturated heterocycles. The van der Waals surface area contributed by atoms with Crippen LogP contribution in [-0.2, 0) is 11.2 Å². The number of rotatable bonds is 3. The Hall–Kier alpha value is -2.53. The number of anilines is 1. The van der Waals surface area contributed by atoms with Crippen LogP contribution < -0.4 is 15.8 Å². The SMILES string of the molecule is NC(=O)c1ccc(NC(=O)[C@H]2COc3ccc(Cl)cc3C2)cc1. The molecule has 0 aliphatic carbocycles. The summed E-state index contributed by atoms with van der Waals surface area (Å²) < 4.78 is 5.62. The van der Waals surface area contributed by atoms with Gasteiger partial charge in [0.15, 0.2) is 0 Å². The number of nitrogens with one attached hydrogen (secondary N) is 1. The number of hydrogen-bond donors (Lipinski definition) is 2. The van der Waals surface area contributed by atoms with Gasteiger partial charge in [-0.1, -0.05) is 11.6 Å². The van der Waals surface area contributed by atoms with E-state index in [0.29, 0.717) is 29.3 Å². The van der Waals surface area contributed by atoms with Gasteiger partial charge in [-0.05, 0) is 54.4 Å². The molecule has 0 aromatic heterocycles. The number of carbonyl (C=O) groups is 2. The first-order chi connectivity index (χ1) is 11.0. The van der Waals surface area contributed by atoms with Gasteiger partial charge >= 0.3 is 0 Å². The number of benzene rings is 2. The molecule has 1 aliphatic rings. The van der Waals surface area contributed by atoms with Crippen molar-refractivity contribution in [2.75, 3.05) is 11.9 Å². The van der Waals surface area contributed by atoms with Crippen LogP contribution in [0.1, 0.15) is 15.9 Å². The molecule has 0 unspecified atom stereocenters. The quantitative estimate of drug-likeness (QED) is 0.907. The van der Waals surface area contributed by atoms with E-state index in [2.05, 4.69) is 5.32 Å². The zero-order valence-corrected chi connectivity index (χ0v) is 13.0. The summed E-state index contributed by atoms with van der Waals surface area (Å²) in [4.78, 5) is 23.4. The molecule has 2 aromatic carbocycles. The molecule has 0 saturated carbocycles. The van der Waals surface area contributed by atoms with Crippen LogP contribution in [0.15, 0.2) is 42.5 Å². The van der Waals surface area contributed by atoms with Crippen LogP contribution >= 0.6 is 11.6 Å². The first kappa shape index (κ1) is 15.4. The average molecular weight is 331 g/mol. The molecule has 3 rings (SSSR count). The smallest absolute Gasteiger partial charge is 0.248 e. The van der Waals surface area contributed by atoms with Crippen molar-refractivity contribution < 1.29 is 14.3 Å². The predicted molar refractivity (Wildman–Crippen MR) is 87.7 cm³/mol. The van der Waals surface area contributed by atoms with Gasteiger partial charge in [0.25, 0.3) is 0 Å². The van der Waals surface area contributed by atoms with E-state index < -0.39 is 5.91 Å². The molecule has 1 heterocycles. The molecule has 1 atom stereocenters. The number of primary amides is 1. The summed E-state index contributed by atoms with van der Waals surface area (Å²) in [7, 11) is 0. The number of amides is 2. The van der Waals surface area contributed by atoms with Crippen molar-refractivity contribution in [2.45, 2.75) is 6.42 Å². The van der Waals surface area contributed by atoms with Crippen molar-refractivity contribution in [3.8, 4) is 5.75 Å². The fourth-order valence-electron chi connectivity index (χ4n) is 2.49. The second-order valence-electron chi connectivity index (χ2n) is 5.39. The number of nitrogens with two attached hydrogens (primary N) is 1. The van der Waals surface area contributed by atoms with Gasteiger partial charge in [-0.25, -0.2) is 0 Å². The van der Waals surface area contributed by atoms with Crippen LogP contribution in [0.3, 0.4) is 0 Å². The zero-order chi connectivity index (χ0) is 16.4. The molecule has 0 radical (unpaired) electrons. The molecule has 2 aromatic rings. The highest BCUT2D eigenvalue weighted by Crippen LogP contribution is 2.30. The fraction of sp³-hybridized carbons (Fsp3) is 0.176. The maximum Gasteiger partial charge on any atom is 0.248 e. The molecule has 2 amide bonds. The van der Waals surface area contributed by atoms with Crippen LogP contribution in [0.5, 0.6) is 5.75 Å². The summed E-state index contributed by atoms with van der Waals surface area (Å²) in [5.74, 6) is -0.166. The van der Waals surface area contributed by atoms with E-state index in [-0.39, 0.29) is 11.8 Å². The number of fused-ring (bicyclic) bond motifs is 1. The minimum Gasteiger partial charge on any atom is -0.492 e. The molecule has 118 valence electrons. The maximum absolute atomic E-state index is 12.4. The van der Waals surface area contributed by atoms with E-state index in [1.54, 1.807) is 30.3 Å². The maximum atomic E-state index is 12.4. The van der Waals surface area contributed by atoms with E-state index in [9.17, 15) is 9.59 Å². The standard InChI is InChI=1S/C17H15ClN2O3/c18-13-3-6-15-11(8-13)7-12(9-23-15)17(22)20-14-4-1-10(2-5-14)16(19)21/h1-6,8,12H,7,9H2,(H2,19,21)(H,20,22)/t12-/m1/s1. The normalized spacial score (nSPS) is 16.1. The number of carbonyl (C=O) groups excluding carboxylic acids is 2. The highest BCUT2D eigenvalue weighted by molar-refractivity contribution is 6.30. The van der Waals surface area contributed by atoms with Gasteiger partial charge in [-0.3, -0.25) is 9.59 Å². The summed E-state index contributed by atoms with van der Waals surface area (Å²) in [6.07, 6.45) is 0.571. The Morgan fingerprint density at radius 3 is 2.61 bits per heavy atom. The summed E-state index contributed by atoms with van der Waals surface area (Å²) in [6, 6.07) is 11.8. The van der Waals surface area contributed by atoms with E-state index in [1.165, 1.54) is 0 Å². The average Bonchev–Trinajstić information content (AvgIpc) is 2.54.